The number of pyridine rings is 2. The van der Waals surface area contributed by atoms with Gasteiger partial charge in [0.2, 0.25) is 0 Å². The van der Waals surface area contributed by atoms with E-state index in [1.54, 1.807) is 33.4 Å². The Morgan fingerprint density at radius 2 is 0.764 bits per heavy atom. The summed E-state index contributed by atoms with van der Waals surface area (Å²) in [6, 6.07) is 63.8. The first-order valence-electron chi connectivity index (χ1n) is 22.9. The van der Waals surface area contributed by atoms with E-state index in [1.165, 1.54) is 12.1 Å². The van der Waals surface area contributed by atoms with Crippen molar-refractivity contribution >= 4 is 43.6 Å². The second kappa shape index (κ2) is 17.0. The lowest BCUT2D eigenvalue weighted by Gasteiger charge is -2.24. The van der Waals surface area contributed by atoms with Gasteiger partial charge < -0.3 is 9.13 Å². The molecule has 0 aliphatic rings. The molecule has 11 heteroatoms. The van der Waals surface area contributed by atoms with Crippen LogP contribution in [-0.4, -0.2) is 19.1 Å². The van der Waals surface area contributed by atoms with Crippen molar-refractivity contribution < 1.29 is 26.3 Å². The average Bonchev–Trinajstić information content (AvgIpc) is 3.92. The number of para-hydroxylation sites is 2. The van der Waals surface area contributed by atoms with Crippen molar-refractivity contribution in [2.45, 2.75) is 12.4 Å². The maximum absolute atomic E-state index is 15.4. The smallest absolute Gasteiger partial charge is 0.309 e. The fourth-order valence-electron chi connectivity index (χ4n) is 10.1. The molecule has 346 valence electrons. The van der Waals surface area contributed by atoms with Crippen LogP contribution in [0.25, 0.3) is 111 Å². The molecule has 0 saturated carbocycles. The van der Waals surface area contributed by atoms with Crippen molar-refractivity contribution in [1.29, 1.82) is 5.26 Å². The molecule has 4 aromatic heterocycles. The molecule has 12 aromatic rings. The van der Waals surface area contributed by atoms with E-state index in [9.17, 15) is 5.26 Å². The fraction of sp³-hybridized carbons (Fsp3) is 0.0328. The minimum absolute atomic E-state index is 0.0141. The highest BCUT2D eigenvalue weighted by molar-refractivity contribution is 6.12. The maximum Gasteiger partial charge on any atom is 0.417 e. The lowest BCUT2D eigenvalue weighted by atomic mass is 9.90. The first kappa shape index (κ1) is 44.0. The van der Waals surface area contributed by atoms with Crippen molar-refractivity contribution in [1.82, 2.24) is 19.1 Å². The van der Waals surface area contributed by atoms with E-state index in [0.717, 1.165) is 50.5 Å². The molecule has 8 aromatic carbocycles. The van der Waals surface area contributed by atoms with Gasteiger partial charge in [0.05, 0.1) is 72.9 Å². The molecule has 0 aliphatic carbocycles. The number of nitrogens with zero attached hydrogens (tertiary/aromatic N) is 5. The molecule has 5 nitrogen and oxygen atoms in total. The Labute approximate surface area is 407 Å². The van der Waals surface area contributed by atoms with Gasteiger partial charge in [0.15, 0.2) is 0 Å². The van der Waals surface area contributed by atoms with Crippen LogP contribution in [0.1, 0.15) is 16.7 Å². The third-order valence-corrected chi connectivity index (χ3v) is 13.2. The lowest BCUT2D eigenvalue weighted by molar-refractivity contribution is -0.142. The van der Waals surface area contributed by atoms with Crippen LogP contribution in [0.2, 0.25) is 0 Å². The molecule has 0 atom stereocenters. The van der Waals surface area contributed by atoms with Gasteiger partial charge in [-0.1, -0.05) is 127 Å². The highest BCUT2D eigenvalue weighted by Crippen LogP contribution is 2.49. The van der Waals surface area contributed by atoms with Crippen molar-refractivity contribution in [3.8, 4) is 73.6 Å². The number of rotatable bonds is 7. The third kappa shape index (κ3) is 7.43. The van der Waals surface area contributed by atoms with Crippen molar-refractivity contribution in [3.63, 3.8) is 0 Å². The predicted octanol–water partition coefficient (Wildman–Crippen LogP) is 16.9. The number of hydrogen-bond donors (Lipinski definition) is 0. The van der Waals surface area contributed by atoms with Gasteiger partial charge in [0, 0.05) is 54.9 Å². The van der Waals surface area contributed by atoms with E-state index in [2.05, 4.69) is 6.07 Å². The van der Waals surface area contributed by atoms with E-state index in [4.69, 9.17) is 9.97 Å². The van der Waals surface area contributed by atoms with E-state index < -0.39 is 29.0 Å². The predicted molar refractivity (Wildman–Crippen MR) is 273 cm³/mol. The summed E-state index contributed by atoms with van der Waals surface area (Å²) in [6.07, 6.45) is -10.4. The summed E-state index contributed by atoms with van der Waals surface area (Å²) >= 11 is 0. The second-order valence-electron chi connectivity index (χ2n) is 17.4. The maximum atomic E-state index is 15.4. The summed E-state index contributed by atoms with van der Waals surface area (Å²) in [5.74, 6) is 0. The van der Waals surface area contributed by atoms with Gasteiger partial charge in [-0.3, -0.25) is 0 Å². The van der Waals surface area contributed by atoms with Gasteiger partial charge >= 0.3 is 12.4 Å². The second-order valence-corrected chi connectivity index (χ2v) is 17.4. The van der Waals surface area contributed by atoms with Gasteiger partial charge in [-0.15, -0.1) is 0 Å². The Kier molecular flexibility index (Phi) is 10.4. The Morgan fingerprint density at radius 3 is 1.22 bits per heavy atom. The Balaban J connectivity index is 1.13. The van der Waals surface area contributed by atoms with Crippen LogP contribution in [-0.2, 0) is 12.4 Å². The molecule has 0 saturated heterocycles. The standard InChI is InChI=1S/C61H35F6N5/c62-60(63,64)47-20-11-21-48(61(65,66)67)59(47)46-35-57(71-53-26-9-7-18-42(53)44-32-39(28-30-55(44)71)51-24-12-22-49(69-51)37-14-3-1-4-15-37)41(36-68)34-58(46)72-54-27-10-8-19-43(54)45-33-40(29-31-56(45)72)52-25-13-23-50(70-52)38-16-5-2-6-17-38/h1-35H. The van der Waals surface area contributed by atoms with Crippen LogP contribution in [0.4, 0.5) is 26.3 Å². The molecule has 72 heavy (non-hydrogen) atoms. The average molecular weight is 952 g/mol. The highest BCUT2D eigenvalue weighted by atomic mass is 19.4. The van der Waals surface area contributed by atoms with E-state index in [-0.39, 0.29) is 22.5 Å². The number of hydrogen-bond acceptors (Lipinski definition) is 3. The van der Waals surface area contributed by atoms with Crippen LogP contribution in [0.15, 0.2) is 212 Å². The molecule has 0 amide bonds. The molecular weight excluding hydrogens is 917 g/mol. The molecule has 4 heterocycles. The van der Waals surface area contributed by atoms with Gasteiger partial charge in [-0.05, 0) is 84.9 Å². The minimum Gasteiger partial charge on any atom is -0.309 e. The first-order chi connectivity index (χ1) is 34.9. The summed E-state index contributed by atoms with van der Waals surface area (Å²) in [6.45, 7) is 0. The van der Waals surface area contributed by atoms with Crippen molar-refractivity contribution in [2.75, 3.05) is 0 Å². The van der Waals surface area contributed by atoms with Crippen LogP contribution in [0, 0.1) is 11.3 Å². The zero-order chi connectivity index (χ0) is 49.3. The van der Waals surface area contributed by atoms with Crippen LogP contribution >= 0.6 is 0 Å². The topological polar surface area (TPSA) is 59.4 Å². The number of fused-ring (bicyclic) bond motifs is 6. The summed E-state index contributed by atoms with van der Waals surface area (Å²) in [4.78, 5) is 9.92. The fourth-order valence-corrected chi connectivity index (χ4v) is 10.1. The number of alkyl halides is 6. The van der Waals surface area contributed by atoms with Gasteiger partial charge in [-0.2, -0.15) is 31.6 Å². The molecule has 0 spiro atoms. The number of aromatic nitrogens is 4. The van der Waals surface area contributed by atoms with Crippen molar-refractivity contribution in [2.24, 2.45) is 0 Å². The van der Waals surface area contributed by atoms with E-state index in [1.807, 2.05) is 158 Å². The van der Waals surface area contributed by atoms with Crippen LogP contribution < -0.4 is 0 Å². The molecule has 0 unspecified atom stereocenters. The zero-order valence-electron chi connectivity index (χ0n) is 37.7. The molecule has 0 radical (unpaired) electrons. The number of nitriles is 1. The van der Waals surface area contributed by atoms with Gasteiger partial charge in [0.1, 0.15) is 6.07 Å². The van der Waals surface area contributed by atoms with E-state index in [0.29, 0.717) is 56.4 Å². The molecular formula is C61H35F6N5. The summed E-state index contributed by atoms with van der Waals surface area (Å²) in [5, 5.41) is 14.0. The number of halogens is 6. The highest BCUT2D eigenvalue weighted by Gasteiger charge is 2.42. The van der Waals surface area contributed by atoms with Gasteiger partial charge in [0.25, 0.3) is 0 Å². The molecule has 0 bridgehead atoms. The summed E-state index contributed by atoms with van der Waals surface area (Å²) in [5.41, 5.74) is 4.09. The monoisotopic (exact) mass is 951 g/mol. The third-order valence-electron chi connectivity index (χ3n) is 13.2. The summed E-state index contributed by atoms with van der Waals surface area (Å²) in [7, 11) is 0. The molecule has 0 fully saturated rings. The first-order valence-corrected chi connectivity index (χ1v) is 22.9. The quantitative estimate of drug-likeness (QED) is 0.150. The Hall–Kier alpha value is -9.27. The Bertz CT molecular complexity index is 4110. The molecule has 12 rings (SSSR count). The van der Waals surface area contributed by atoms with Gasteiger partial charge in [-0.25, -0.2) is 9.97 Å². The van der Waals surface area contributed by atoms with E-state index >= 15 is 26.3 Å². The van der Waals surface area contributed by atoms with Crippen LogP contribution in [0.5, 0.6) is 0 Å². The van der Waals surface area contributed by atoms with Crippen molar-refractivity contribution in [3.05, 3.63) is 229 Å². The Morgan fingerprint density at radius 1 is 0.361 bits per heavy atom. The zero-order valence-corrected chi connectivity index (χ0v) is 37.7. The lowest BCUT2D eigenvalue weighted by Crippen LogP contribution is -2.15. The minimum atomic E-state index is -5.21. The van der Waals surface area contributed by atoms with Crippen LogP contribution in [0.3, 0.4) is 0 Å². The molecule has 0 aliphatic heterocycles. The largest absolute Gasteiger partial charge is 0.417 e. The number of benzene rings is 8. The molecule has 0 N–H and O–H groups in total. The SMILES string of the molecule is N#Cc1cc(-n2c3ccccc3c3cc(-c4cccc(-c5ccccc5)n4)ccc32)c(-c2c(C(F)(F)F)cccc2C(F)(F)F)cc1-n1c2ccccc2c2cc(-c3cccc(-c4ccccc4)n3)ccc21. The summed E-state index contributed by atoms with van der Waals surface area (Å²) < 4.78 is 95.9. The normalized spacial score (nSPS) is 12.0.